The van der Waals surface area contributed by atoms with Gasteiger partial charge in [0.2, 0.25) is 0 Å². The molecule has 0 aromatic heterocycles. The van der Waals surface area contributed by atoms with Crippen molar-refractivity contribution in [3.63, 3.8) is 0 Å². The Balaban J connectivity index is 1.11. The molecular weight excluding hydrogens is 678 g/mol. The first-order valence-corrected chi connectivity index (χ1v) is 17.8. The number of fused-ring (bicyclic) bond motifs is 2. The molecule has 1 amide bonds. The van der Waals surface area contributed by atoms with Crippen LogP contribution in [0.25, 0.3) is 5.57 Å². The van der Waals surface area contributed by atoms with E-state index in [1.165, 1.54) is 0 Å². The third-order valence-electron chi connectivity index (χ3n) is 9.62. The molecule has 0 spiro atoms. The summed E-state index contributed by atoms with van der Waals surface area (Å²) in [6.45, 7) is 3.60. The Bertz CT molecular complexity index is 1660. The van der Waals surface area contributed by atoms with Crippen molar-refractivity contribution in [2.75, 3.05) is 37.7 Å². The maximum Gasteiger partial charge on any atom is 0.252 e. The van der Waals surface area contributed by atoms with Crippen LogP contribution < -0.4 is 20.3 Å². The molecule has 2 bridgehead atoms. The number of aliphatic hydroxyl groups is 1. The molecule has 3 atom stereocenters. The van der Waals surface area contributed by atoms with Gasteiger partial charge >= 0.3 is 0 Å². The second-order valence-corrected chi connectivity index (χ2v) is 14.5. The highest BCUT2D eigenvalue weighted by atomic mass is 35.5. The van der Waals surface area contributed by atoms with Crippen LogP contribution in [-0.4, -0.2) is 72.9 Å². The minimum absolute atomic E-state index is 0.0333. The van der Waals surface area contributed by atoms with Crippen molar-refractivity contribution in [2.45, 2.75) is 62.9 Å². The zero-order chi connectivity index (χ0) is 32.7. The Morgan fingerprint density at radius 1 is 0.979 bits per heavy atom. The number of hydrogen-bond acceptors (Lipinski definition) is 6. The van der Waals surface area contributed by atoms with E-state index < -0.39 is 0 Å². The van der Waals surface area contributed by atoms with Crippen LogP contribution in [-0.2, 0) is 17.8 Å². The molecular formula is C36H38Cl4N4O3. The summed E-state index contributed by atoms with van der Waals surface area (Å²) < 4.78 is 6.28. The van der Waals surface area contributed by atoms with Gasteiger partial charge in [0.15, 0.2) is 5.75 Å². The molecule has 3 aliphatic heterocycles. The van der Waals surface area contributed by atoms with Crippen LogP contribution in [0, 0.1) is 0 Å². The summed E-state index contributed by atoms with van der Waals surface area (Å²) in [5.74, 6) is 0.564. The van der Waals surface area contributed by atoms with E-state index >= 15 is 0 Å². The summed E-state index contributed by atoms with van der Waals surface area (Å²) in [4.78, 5) is 18.8. The summed E-state index contributed by atoms with van der Waals surface area (Å²) in [5.41, 5.74) is 5.90. The van der Waals surface area contributed by atoms with Crippen LogP contribution >= 0.6 is 46.4 Å². The summed E-state index contributed by atoms with van der Waals surface area (Å²) in [5, 5.41) is 18.4. The minimum atomic E-state index is -0.0615. The molecule has 4 aliphatic rings. The molecule has 0 radical (unpaired) electrons. The lowest BCUT2D eigenvalue weighted by Crippen LogP contribution is -2.60. The number of piperazine rings is 1. The van der Waals surface area contributed by atoms with E-state index in [-0.39, 0.29) is 36.7 Å². The van der Waals surface area contributed by atoms with Crippen LogP contribution in [0.3, 0.4) is 0 Å². The predicted molar refractivity (Wildman–Crippen MR) is 190 cm³/mol. The number of ether oxygens (including phenoxy) is 1. The van der Waals surface area contributed by atoms with Gasteiger partial charge in [0, 0.05) is 62.6 Å². The third kappa shape index (κ3) is 7.13. The van der Waals surface area contributed by atoms with E-state index in [2.05, 4.69) is 39.8 Å². The summed E-state index contributed by atoms with van der Waals surface area (Å²) in [6.07, 6.45) is 4.04. The highest BCUT2D eigenvalue weighted by Gasteiger charge is 2.41. The molecule has 0 unspecified atom stereocenters. The van der Waals surface area contributed by atoms with E-state index in [0.29, 0.717) is 51.9 Å². The van der Waals surface area contributed by atoms with E-state index in [1.807, 2.05) is 17.0 Å². The Morgan fingerprint density at radius 2 is 1.74 bits per heavy atom. The number of carbonyl (C=O) groups excluding carboxylic acids is 1. The topological polar surface area (TPSA) is 77.1 Å². The number of benzene rings is 3. The maximum atomic E-state index is 14.5. The average molecular weight is 717 g/mol. The maximum absolute atomic E-state index is 14.5. The first-order chi connectivity index (χ1) is 22.8. The first kappa shape index (κ1) is 33.0. The van der Waals surface area contributed by atoms with Crippen LogP contribution in [0.5, 0.6) is 5.75 Å². The Hall–Kier alpha value is -2.49. The fourth-order valence-electron chi connectivity index (χ4n) is 7.10. The Morgan fingerprint density at radius 3 is 2.47 bits per heavy atom. The van der Waals surface area contributed by atoms with Gasteiger partial charge in [0.1, 0.15) is 6.10 Å². The lowest BCUT2D eigenvalue weighted by atomic mass is 9.83. The van der Waals surface area contributed by atoms with Crippen molar-refractivity contribution in [2.24, 2.45) is 0 Å². The molecule has 3 aromatic rings. The monoisotopic (exact) mass is 714 g/mol. The van der Waals surface area contributed by atoms with Gasteiger partial charge in [-0.15, -0.1) is 0 Å². The molecule has 47 heavy (non-hydrogen) atoms. The number of nitrogens with zero attached hydrogens (tertiary/aromatic N) is 2. The number of anilines is 1. The van der Waals surface area contributed by atoms with Crippen molar-refractivity contribution in [3.8, 4) is 5.75 Å². The smallest absolute Gasteiger partial charge is 0.252 e. The second kappa shape index (κ2) is 14.2. The van der Waals surface area contributed by atoms with Gasteiger partial charge in [-0.3, -0.25) is 4.79 Å². The van der Waals surface area contributed by atoms with Crippen molar-refractivity contribution in [1.29, 1.82) is 0 Å². The fourth-order valence-corrected chi connectivity index (χ4v) is 8.10. The van der Waals surface area contributed by atoms with Gasteiger partial charge in [-0.2, -0.15) is 0 Å². The molecule has 2 saturated heterocycles. The molecule has 1 aliphatic carbocycles. The van der Waals surface area contributed by atoms with Crippen molar-refractivity contribution in [1.82, 2.24) is 15.5 Å². The summed E-state index contributed by atoms with van der Waals surface area (Å²) in [7, 11) is 0. The molecule has 248 valence electrons. The summed E-state index contributed by atoms with van der Waals surface area (Å²) >= 11 is 25.9. The van der Waals surface area contributed by atoms with E-state index in [0.717, 1.165) is 72.3 Å². The van der Waals surface area contributed by atoms with Gasteiger partial charge in [-0.05, 0) is 78.3 Å². The third-order valence-corrected chi connectivity index (χ3v) is 11.0. The highest BCUT2D eigenvalue weighted by molar-refractivity contribution is 6.42. The predicted octanol–water partition coefficient (Wildman–Crippen LogP) is 6.77. The largest absolute Gasteiger partial charge is 0.485 e. The molecule has 3 heterocycles. The molecule has 11 heteroatoms. The average Bonchev–Trinajstić information content (AvgIpc) is 3.80. The lowest BCUT2D eigenvalue weighted by Gasteiger charge is -2.41. The number of carbonyl (C=O) groups is 1. The second-order valence-electron chi connectivity index (χ2n) is 12.9. The first-order valence-electron chi connectivity index (χ1n) is 16.3. The Labute approximate surface area is 295 Å². The number of nitrogens with one attached hydrogen (secondary N) is 2. The number of rotatable bonds is 10. The van der Waals surface area contributed by atoms with Gasteiger partial charge in [-0.25, -0.2) is 0 Å². The molecule has 3 N–H and O–H groups in total. The van der Waals surface area contributed by atoms with Crippen molar-refractivity contribution >= 4 is 63.6 Å². The molecule has 7 nitrogen and oxygen atoms in total. The quantitative estimate of drug-likeness (QED) is 0.215. The normalized spacial score (nSPS) is 22.5. The van der Waals surface area contributed by atoms with Crippen LogP contribution in [0.4, 0.5) is 5.69 Å². The van der Waals surface area contributed by atoms with Gasteiger partial charge in [0.25, 0.3) is 5.91 Å². The summed E-state index contributed by atoms with van der Waals surface area (Å²) in [6, 6.07) is 18.3. The zero-order valence-electron chi connectivity index (χ0n) is 26.0. The SMILES string of the molecule is O=C(C1=C(c2ccc(N3CC[C@H](Oc4c(Cl)cc(CCO)cc4Cl)C3)cc2)C[C@H]2CNC[C@@H]1N2)N(Cc1cccc(Cl)c1Cl)C1CC1. The van der Waals surface area contributed by atoms with E-state index in [1.54, 1.807) is 18.2 Å². The minimum Gasteiger partial charge on any atom is -0.485 e. The number of halogens is 4. The molecule has 1 saturated carbocycles. The molecule has 3 aromatic carbocycles. The Kier molecular flexibility index (Phi) is 9.95. The molecule has 3 fully saturated rings. The van der Waals surface area contributed by atoms with Gasteiger partial charge in [-0.1, -0.05) is 70.7 Å². The number of hydrogen-bond donors (Lipinski definition) is 3. The highest BCUT2D eigenvalue weighted by Crippen LogP contribution is 2.39. The van der Waals surface area contributed by atoms with Crippen molar-refractivity contribution < 1.29 is 14.6 Å². The lowest BCUT2D eigenvalue weighted by molar-refractivity contribution is -0.128. The number of amides is 1. The van der Waals surface area contributed by atoms with Gasteiger partial charge in [0.05, 0.1) is 32.7 Å². The van der Waals surface area contributed by atoms with Crippen LogP contribution in [0.15, 0.2) is 60.2 Å². The fraction of sp³-hybridized carbons (Fsp3) is 0.417. The standard InChI is InChI=1S/C36H38Cl4N4O3/c37-29-3-1-2-23(34(29)40)19-44(26-8-9-26)36(46)33-28(16-24-17-41-18-32(33)42-24)22-4-6-25(7-5-22)43-12-10-27(20-43)47-35-30(38)14-21(11-13-45)15-31(35)39/h1-7,14-15,24,26-27,32,41-42,45H,8-13,16-20H2/t24-,27-,32-/m0/s1. The van der Waals surface area contributed by atoms with Crippen LogP contribution in [0.1, 0.15) is 42.4 Å². The van der Waals surface area contributed by atoms with Gasteiger partial charge < -0.3 is 30.3 Å². The molecule has 7 rings (SSSR count). The van der Waals surface area contributed by atoms with E-state index in [4.69, 9.17) is 51.1 Å². The van der Waals surface area contributed by atoms with Crippen LogP contribution in [0.2, 0.25) is 20.1 Å². The van der Waals surface area contributed by atoms with E-state index in [9.17, 15) is 9.90 Å². The number of aliphatic hydroxyl groups excluding tert-OH is 1. The zero-order valence-corrected chi connectivity index (χ0v) is 29.0. The van der Waals surface area contributed by atoms with Crippen molar-refractivity contribution in [3.05, 3.63) is 97.0 Å².